The lowest BCUT2D eigenvalue weighted by Gasteiger charge is -2.38. The molecule has 2 saturated carbocycles. The van der Waals surface area contributed by atoms with Crippen LogP contribution in [0.15, 0.2) is 0 Å². The molecule has 3 aliphatic rings. The number of thiocarbonyl (C=S) groups is 1. The van der Waals surface area contributed by atoms with Crippen LogP contribution in [0.25, 0.3) is 0 Å². The number of hydrogen-bond acceptors (Lipinski definition) is 2. The van der Waals surface area contributed by atoms with Crippen molar-refractivity contribution < 1.29 is 0 Å². The van der Waals surface area contributed by atoms with E-state index in [0.717, 1.165) is 36.0 Å². The molecular formula is C17H31N3S. The van der Waals surface area contributed by atoms with E-state index in [0.29, 0.717) is 6.04 Å². The predicted molar refractivity (Wildman–Crippen MR) is 92.4 cm³/mol. The molecule has 1 saturated heterocycles. The highest BCUT2D eigenvalue weighted by Crippen LogP contribution is 2.44. The van der Waals surface area contributed by atoms with Gasteiger partial charge in [-0.3, -0.25) is 4.90 Å². The Bertz CT molecular complexity index is 363. The lowest BCUT2D eigenvalue weighted by Crippen LogP contribution is -2.54. The SMILES string of the molecule is CC(C)CCN1CCN(C(=S)NC2CC3CCC2C3)CC1. The maximum atomic E-state index is 5.67. The first-order valence-electron chi connectivity index (χ1n) is 8.89. The van der Waals surface area contributed by atoms with E-state index in [1.807, 2.05) is 0 Å². The molecule has 21 heavy (non-hydrogen) atoms. The van der Waals surface area contributed by atoms with Gasteiger partial charge < -0.3 is 10.2 Å². The van der Waals surface area contributed by atoms with Gasteiger partial charge in [0.2, 0.25) is 0 Å². The molecule has 120 valence electrons. The van der Waals surface area contributed by atoms with Crippen LogP contribution in [-0.4, -0.2) is 53.7 Å². The maximum Gasteiger partial charge on any atom is 0.169 e. The molecule has 2 bridgehead atoms. The van der Waals surface area contributed by atoms with Crippen molar-refractivity contribution in [3.05, 3.63) is 0 Å². The highest BCUT2D eigenvalue weighted by molar-refractivity contribution is 7.80. The van der Waals surface area contributed by atoms with Crippen LogP contribution in [-0.2, 0) is 0 Å². The molecule has 3 unspecified atom stereocenters. The normalized spacial score (nSPS) is 32.9. The monoisotopic (exact) mass is 309 g/mol. The van der Waals surface area contributed by atoms with Gasteiger partial charge in [-0.05, 0) is 62.2 Å². The highest BCUT2D eigenvalue weighted by Gasteiger charge is 2.40. The van der Waals surface area contributed by atoms with Crippen molar-refractivity contribution in [2.75, 3.05) is 32.7 Å². The number of rotatable bonds is 4. The maximum absolute atomic E-state index is 5.67. The fraction of sp³-hybridized carbons (Fsp3) is 0.941. The largest absolute Gasteiger partial charge is 0.360 e. The third-order valence-corrected chi connectivity index (χ3v) is 6.11. The molecule has 0 aromatic heterocycles. The summed E-state index contributed by atoms with van der Waals surface area (Å²) in [5, 5.41) is 4.71. The van der Waals surface area contributed by atoms with Crippen LogP contribution in [0.2, 0.25) is 0 Å². The van der Waals surface area contributed by atoms with Crippen LogP contribution in [0.1, 0.15) is 46.0 Å². The van der Waals surface area contributed by atoms with E-state index in [4.69, 9.17) is 12.2 Å². The highest BCUT2D eigenvalue weighted by atomic mass is 32.1. The van der Waals surface area contributed by atoms with Crippen molar-refractivity contribution >= 4 is 17.3 Å². The minimum Gasteiger partial charge on any atom is -0.360 e. The molecule has 3 nitrogen and oxygen atoms in total. The summed E-state index contributed by atoms with van der Waals surface area (Å²) >= 11 is 5.67. The average molecular weight is 310 g/mol. The molecule has 3 atom stereocenters. The first kappa shape index (κ1) is 15.5. The molecule has 1 heterocycles. The van der Waals surface area contributed by atoms with Crippen molar-refractivity contribution in [2.45, 2.75) is 52.0 Å². The summed E-state index contributed by atoms with van der Waals surface area (Å²) < 4.78 is 0. The first-order chi connectivity index (χ1) is 10.1. The molecule has 0 aromatic carbocycles. The Morgan fingerprint density at radius 1 is 1.14 bits per heavy atom. The summed E-state index contributed by atoms with van der Waals surface area (Å²) in [6.07, 6.45) is 7.01. The summed E-state index contributed by atoms with van der Waals surface area (Å²) in [6.45, 7) is 10.4. The second kappa shape index (κ2) is 6.82. The van der Waals surface area contributed by atoms with Gasteiger partial charge in [-0.25, -0.2) is 0 Å². The first-order valence-corrected chi connectivity index (χ1v) is 9.30. The molecule has 3 rings (SSSR count). The van der Waals surface area contributed by atoms with Gasteiger partial charge in [0.1, 0.15) is 0 Å². The van der Waals surface area contributed by atoms with Gasteiger partial charge in [0.05, 0.1) is 0 Å². The van der Waals surface area contributed by atoms with E-state index >= 15 is 0 Å². The minimum absolute atomic E-state index is 0.676. The van der Waals surface area contributed by atoms with Crippen LogP contribution < -0.4 is 5.32 Å². The molecule has 0 aromatic rings. The van der Waals surface area contributed by atoms with Crippen LogP contribution in [0.3, 0.4) is 0 Å². The summed E-state index contributed by atoms with van der Waals surface area (Å²) in [5.74, 6) is 2.70. The summed E-state index contributed by atoms with van der Waals surface area (Å²) in [7, 11) is 0. The fourth-order valence-corrected chi connectivity index (χ4v) is 4.62. The van der Waals surface area contributed by atoms with Gasteiger partial charge in [0, 0.05) is 32.2 Å². The Kier molecular flexibility index (Phi) is 5.05. The number of nitrogens with zero attached hydrogens (tertiary/aromatic N) is 2. The topological polar surface area (TPSA) is 18.5 Å². The second-order valence-electron chi connectivity index (χ2n) is 7.74. The fourth-order valence-electron chi connectivity index (χ4n) is 4.29. The molecule has 1 N–H and O–H groups in total. The zero-order valence-electron chi connectivity index (χ0n) is 13.7. The van der Waals surface area contributed by atoms with Crippen molar-refractivity contribution in [3.63, 3.8) is 0 Å². The molecule has 0 radical (unpaired) electrons. The van der Waals surface area contributed by atoms with E-state index in [9.17, 15) is 0 Å². The summed E-state index contributed by atoms with van der Waals surface area (Å²) in [6, 6.07) is 0.676. The average Bonchev–Trinajstić information content (AvgIpc) is 3.08. The zero-order chi connectivity index (χ0) is 14.8. The summed E-state index contributed by atoms with van der Waals surface area (Å²) in [4.78, 5) is 4.99. The zero-order valence-corrected chi connectivity index (χ0v) is 14.5. The molecule has 1 aliphatic heterocycles. The van der Waals surface area contributed by atoms with Crippen molar-refractivity contribution in [3.8, 4) is 0 Å². The minimum atomic E-state index is 0.676. The Labute approximate surface area is 135 Å². The molecular weight excluding hydrogens is 278 g/mol. The third-order valence-electron chi connectivity index (χ3n) is 5.73. The predicted octanol–water partition coefficient (Wildman–Crippen LogP) is 2.71. The standard InChI is InChI=1S/C17H31N3S/c1-13(2)5-6-19-7-9-20(10-8-19)17(21)18-16-12-14-3-4-15(16)11-14/h13-16H,3-12H2,1-2H3,(H,18,21). The van der Waals surface area contributed by atoms with Gasteiger partial charge in [0.25, 0.3) is 0 Å². The van der Waals surface area contributed by atoms with Gasteiger partial charge in [0.15, 0.2) is 5.11 Å². The van der Waals surface area contributed by atoms with Crippen LogP contribution in [0, 0.1) is 17.8 Å². The molecule has 0 amide bonds. The Morgan fingerprint density at radius 2 is 1.90 bits per heavy atom. The molecule has 2 aliphatic carbocycles. The van der Waals surface area contributed by atoms with Gasteiger partial charge in [-0.15, -0.1) is 0 Å². The van der Waals surface area contributed by atoms with E-state index < -0.39 is 0 Å². The third kappa shape index (κ3) is 3.89. The number of hydrogen-bond donors (Lipinski definition) is 1. The van der Waals surface area contributed by atoms with Gasteiger partial charge >= 0.3 is 0 Å². The molecule has 4 heteroatoms. The van der Waals surface area contributed by atoms with Crippen LogP contribution >= 0.6 is 12.2 Å². The van der Waals surface area contributed by atoms with Crippen LogP contribution in [0.5, 0.6) is 0 Å². The van der Waals surface area contributed by atoms with Gasteiger partial charge in [-0.2, -0.15) is 0 Å². The quantitative estimate of drug-likeness (QED) is 0.805. The van der Waals surface area contributed by atoms with Crippen molar-refractivity contribution in [1.29, 1.82) is 0 Å². The van der Waals surface area contributed by atoms with Crippen molar-refractivity contribution in [2.24, 2.45) is 17.8 Å². The van der Waals surface area contributed by atoms with E-state index in [1.54, 1.807) is 0 Å². The lowest BCUT2D eigenvalue weighted by molar-refractivity contribution is 0.172. The lowest BCUT2D eigenvalue weighted by atomic mass is 9.95. The Hall–Kier alpha value is -0.350. The van der Waals surface area contributed by atoms with Gasteiger partial charge in [-0.1, -0.05) is 20.3 Å². The summed E-state index contributed by atoms with van der Waals surface area (Å²) in [5.41, 5.74) is 0. The Morgan fingerprint density at radius 3 is 2.48 bits per heavy atom. The van der Waals surface area contributed by atoms with E-state index in [1.165, 1.54) is 51.7 Å². The van der Waals surface area contributed by atoms with Crippen LogP contribution in [0.4, 0.5) is 0 Å². The van der Waals surface area contributed by atoms with Crippen molar-refractivity contribution in [1.82, 2.24) is 15.1 Å². The molecule has 3 fully saturated rings. The number of fused-ring (bicyclic) bond motifs is 2. The Balaban J connectivity index is 1.39. The van der Waals surface area contributed by atoms with E-state index in [-0.39, 0.29) is 0 Å². The number of nitrogens with one attached hydrogen (secondary N) is 1. The second-order valence-corrected chi connectivity index (χ2v) is 8.13. The molecule has 0 spiro atoms. The number of piperazine rings is 1. The smallest absolute Gasteiger partial charge is 0.169 e. The van der Waals surface area contributed by atoms with E-state index in [2.05, 4.69) is 29.0 Å².